The number of esters is 1. The Morgan fingerprint density at radius 2 is 2.07 bits per heavy atom. The number of anilines is 1. The average Bonchev–Trinajstić information content (AvgIpc) is 3.21. The second kappa shape index (κ2) is 9.57. The summed E-state index contributed by atoms with van der Waals surface area (Å²) in [6, 6.07) is 14.3. The Morgan fingerprint density at radius 1 is 1.28 bits per heavy atom. The largest absolute Gasteiger partial charge is 0.462 e. The number of carbonyl (C=O) groups excluding carboxylic acids is 1. The minimum absolute atomic E-state index is 0.281. The smallest absolute Gasteiger partial charge is 0.340 e. The number of nitrogens with one attached hydrogen (secondary N) is 1. The van der Waals surface area contributed by atoms with Gasteiger partial charge >= 0.3 is 5.97 Å². The van der Waals surface area contributed by atoms with Gasteiger partial charge in [-0.25, -0.2) is 9.78 Å². The Kier molecular flexibility index (Phi) is 6.89. The molecule has 0 amide bonds. The van der Waals surface area contributed by atoms with Gasteiger partial charge in [-0.15, -0.1) is 11.3 Å². The number of hydrogen-bond acceptors (Lipinski definition) is 6. The number of nitriles is 1. The van der Waals surface area contributed by atoms with Crippen molar-refractivity contribution in [2.24, 2.45) is 0 Å². The van der Waals surface area contributed by atoms with E-state index in [1.807, 2.05) is 11.4 Å². The highest BCUT2D eigenvalue weighted by Crippen LogP contribution is 2.31. The minimum atomic E-state index is -0.432. The van der Waals surface area contributed by atoms with Crippen molar-refractivity contribution in [3.8, 4) is 17.3 Å². The molecule has 3 rings (SSSR count). The molecule has 8 heteroatoms. The van der Waals surface area contributed by atoms with Gasteiger partial charge in [0, 0.05) is 17.1 Å². The van der Waals surface area contributed by atoms with E-state index in [1.54, 1.807) is 43.3 Å². The summed E-state index contributed by atoms with van der Waals surface area (Å²) in [5.74, 6) is -0.432. The number of carbonyl (C=O) groups is 1. The topological polar surface area (TPSA) is 75.0 Å². The molecule has 3 aromatic rings. The molecule has 0 aliphatic heterocycles. The van der Waals surface area contributed by atoms with Crippen molar-refractivity contribution in [3.63, 3.8) is 0 Å². The van der Waals surface area contributed by atoms with Crippen LogP contribution in [0.2, 0.25) is 10.0 Å². The van der Waals surface area contributed by atoms with E-state index in [1.165, 1.54) is 17.5 Å². The Labute approximate surface area is 182 Å². The number of halogens is 2. The van der Waals surface area contributed by atoms with E-state index in [0.29, 0.717) is 37.6 Å². The second-order valence-corrected chi connectivity index (χ2v) is 7.42. The molecule has 0 aliphatic rings. The van der Waals surface area contributed by atoms with Crippen molar-refractivity contribution >= 4 is 51.8 Å². The SMILES string of the molecule is CCOC(=O)c1ccccc1N/C=C(/C#N)c1nc(-c2ccc(Cl)c(Cl)c2)cs1. The van der Waals surface area contributed by atoms with Crippen LogP contribution in [0.4, 0.5) is 5.69 Å². The molecule has 1 aromatic heterocycles. The monoisotopic (exact) mass is 443 g/mol. The lowest BCUT2D eigenvalue weighted by Gasteiger charge is -2.08. The molecule has 2 aromatic carbocycles. The quantitative estimate of drug-likeness (QED) is 0.358. The third-order valence-corrected chi connectivity index (χ3v) is 5.48. The lowest BCUT2D eigenvalue weighted by atomic mass is 10.1. The minimum Gasteiger partial charge on any atom is -0.462 e. The summed E-state index contributed by atoms with van der Waals surface area (Å²) < 4.78 is 5.06. The highest BCUT2D eigenvalue weighted by Gasteiger charge is 2.13. The van der Waals surface area contributed by atoms with Gasteiger partial charge < -0.3 is 10.1 Å². The first-order valence-electron chi connectivity index (χ1n) is 8.57. The number of aromatic nitrogens is 1. The zero-order chi connectivity index (χ0) is 20.8. The molecule has 1 N–H and O–H groups in total. The van der Waals surface area contributed by atoms with Crippen molar-refractivity contribution in [2.45, 2.75) is 6.92 Å². The second-order valence-electron chi connectivity index (χ2n) is 5.75. The van der Waals surface area contributed by atoms with E-state index in [-0.39, 0.29) is 6.61 Å². The molecule has 0 aliphatic carbocycles. The fourth-order valence-electron chi connectivity index (χ4n) is 2.47. The maximum absolute atomic E-state index is 12.1. The lowest BCUT2D eigenvalue weighted by molar-refractivity contribution is 0.0527. The van der Waals surface area contributed by atoms with Gasteiger partial charge in [0.25, 0.3) is 0 Å². The maximum atomic E-state index is 12.1. The van der Waals surface area contributed by atoms with E-state index >= 15 is 0 Å². The molecule has 0 saturated carbocycles. The Hall–Kier alpha value is -2.85. The summed E-state index contributed by atoms with van der Waals surface area (Å²) in [6.07, 6.45) is 1.52. The Balaban J connectivity index is 1.85. The molecule has 1 heterocycles. The van der Waals surface area contributed by atoms with E-state index in [4.69, 9.17) is 27.9 Å². The molecular weight excluding hydrogens is 429 g/mol. The van der Waals surface area contributed by atoms with Gasteiger partial charge in [0.15, 0.2) is 0 Å². The van der Waals surface area contributed by atoms with Crippen LogP contribution in [0.25, 0.3) is 16.8 Å². The van der Waals surface area contributed by atoms with Gasteiger partial charge in [0.05, 0.1) is 33.6 Å². The zero-order valence-electron chi connectivity index (χ0n) is 15.3. The highest BCUT2D eigenvalue weighted by atomic mass is 35.5. The molecule has 0 atom stereocenters. The van der Waals surface area contributed by atoms with Gasteiger partial charge in [-0.2, -0.15) is 5.26 Å². The first kappa shape index (κ1) is 20.9. The summed E-state index contributed by atoms with van der Waals surface area (Å²) in [6.45, 7) is 2.03. The predicted molar refractivity (Wildman–Crippen MR) is 117 cm³/mol. The van der Waals surface area contributed by atoms with Crippen molar-refractivity contribution in [3.05, 3.63) is 74.7 Å². The van der Waals surface area contributed by atoms with Crippen LogP contribution in [0.15, 0.2) is 54.0 Å². The Bertz CT molecular complexity index is 1120. The fraction of sp³-hybridized carbons (Fsp3) is 0.0952. The van der Waals surface area contributed by atoms with Crippen LogP contribution in [-0.2, 0) is 4.74 Å². The number of para-hydroxylation sites is 1. The maximum Gasteiger partial charge on any atom is 0.340 e. The molecule has 0 unspecified atom stereocenters. The van der Waals surface area contributed by atoms with E-state index in [2.05, 4.69) is 16.4 Å². The number of thiazole rings is 1. The van der Waals surface area contributed by atoms with Crippen LogP contribution < -0.4 is 5.32 Å². The number of rotatable bonds is 6. The molecule has 146 valence electrons. The highest BCUT2D eigenvalue weighted by molar-refractivity contribution is 7.11. The van der Waals surface area contributed by atoms with Gasteiger partial charge in [0.2, 0.25) is 0 Å². The van der Waals surface area contributed by atoms with Crippen LogP contribution in [0.5, 0.6) is 0 Å². The summed E-state index contributed by atoms with van der Waals surface area (Å²) in [7, 11) is 0. The number of ether oxygens (including phenoxy) is 1. The predicted octanol–water partition coefficient (Wildman–Crippen LogP) is 6.27. The normalized spacial score (nSPS) is 11.0. The van der Waals surface area contributed by atoms with Crippen LogP contribution in [-0.4, -0.2) is 17.6 Å². The van der Waals surface area contributed by atoms with Crippen molar-refractivity contribution < 1.29 is 9.53 Å². The van der Waals surface area contributed by atoms with Crippen molar-refractivity contribution in [1.29, 1.82) is 5.26 Å². The fourth-order valence-corrected chi connectivity index (χ4v) is 3.57. The molecule has 0 radical (unpaired) electrons. The van der Waals surface area contributed by atoms with Crippen LogP contribution in [0.3, 0.4) is 0 Å². The standard InChI is InChI=1S/C21H15Cl2N3O2S/c1-2-28-21(27)15-5-3-4-6-18(15)25-11-14(10-24)20-26-19(12-29-20)13-7-8-16(22)17(23)9-13/h3-9,11-12,25H,2H2,1H3/b14-11-. The van der Waals surface area contributed by atoms with Gasteiger partial charge in [-0.3, -0.25) is 0 Å². The molecule has 29 heavy (non-hydrogen) atoms. The van der Waals surface area contributed by atoms with Crippen molar-refractivity contribution in [1.82, 2.24) is 4.98 Å². The molecule has 0 fully saturated rings. The molecular formula is C21H15Cl2N3O2S. The third kappa shape index (κ3) is 4.96. The molecule has 0 bridgehead atoms. The van der Waals surface area contributed by atoms with Gasteiger partial charge in [0.1, 0.15) is 16.6 Å². The number of nitrogens with zero attached hydrogens (tertiary/aromatic N) is 2. The van der Waals surface area contributed by atoms with Gasteiger partial charge in [-0.1, -0.05) is 41.4 Å². The van der Waals surface area contributed by atoms with Crippen LogP contribution in [0.1, 0.15) is 22.3 Å². The van der Waals surface area contributed by atoms with E-state index < -0.39 is 5.97 Å². The van der Waals surface area contributed by atoms with Crippen LogP contribution >= 0.6 is 34.5 Å². The molecule has 0 saturated heterocycles. The Morgan fingerprint density at radius 3 is 2.79 bits per heavy atom. The first-order valence-corrected chi connectivity index (χ1v) is 10.2. The zero-order valence-corrected chi connectivity index (χ0v) is 17.6. The van der Waals surface area contributed by atoms with E-state index in [0.717, 1.165) is 5.56 Å². The van der Waals surface area contributed by atoms with Gasteiger partial charge in [-0.05, 0) is 31.2 Å². The number of allylic oxidation sites excluding steroid dienone is 1. The van der Waals surface area contributed by atoms with Crippen molar-refractivity contribution in [2.75, 3.05) is 11.9 Å². The first-order chi connectivity index (χ1) is 14.0. The van der Waals surface area contributed by atoms with Crippen LogP contribution in [0, 0.1) is 11.3 Å². The number of hydrogen-bond donors (Lipinski definition) is 1. The lowest BCUT2D eigenvalue weighted by Crippen LogP contribution is -2.07. The molecule has 0 spiro atoms. The molecule has 5 nitrogen and oxygen atoms in total. The van der Waals surface area contributed by atoms with E-state index in [9.17, 15) is 10.1 Å². The summed E-state index contributed by atoms with van der Waals surface area (Å²) in [5.41, 5.74) is 2.76. The number of benzene rings is 2. The summed E-state index contributed by atoms with van der Waals surface area (Å²) >= 11 is 13.4. The average molecular weight is 444 g/mol. The summed E-state index contributed by atoms with van der Waals surface area (Å²) in [5, 5.41) is 15.8. The third-order valence-electron chi connectivity index (χ3n) is 3.86. The summed E-state index contributed by atoms with van der Waals surface area (Å²) in [4.78, 5) is 16.6.